The third kappa shape index (κ3) is 19.0. The number of thioether (sulfide) groups is 2. The number of aliphatic carboxylic acids is 1. The Morgan fingerprint density at radius 2 is 1.22 bits per heavy atom. The van der Waals surface area contributed by atoms with Crippen molar-refractivity contribution in [2.24, 2.45) is 11.5 Å². The largest absolute Gasteiger partial charge is 0.508 e. The zero-order valence-electron chi connectivity index (χ0n) is 53.0. The first-order chi connectivity index (χ1) is 46.9. The Labute approximate surface area is 567 Å². The van der Waals surface area contributed by atoms with Crippen LogP contribution in [0.15, 0.2) is 110 Å². The molecule has 98 heavy (non-hydrogen) atoms. The van der Waals surface area contributed by atoms with Crippen LogP contribution in [-0.2, 0) is 89.9 Å². The lowest BCUT2D eigenvalue weighted by molar-refractivity contribution is -0.147. The van der Waals surface area contributed by atoms with Crippen molar-refractivity contribution in [1.29, 1.82) is 0 Å². The zero-order valence-corrected chi connectivity index (χ0v) is 54.7. The van der Waals surface area contributed by atoms with Crippen molar-refractivity contribution in [3.63, 3.8) is 0 Å². The summed E-state index contributed by atoms with van der Waals surface area (Å²) in [5, 5.41) is 41.6. The van der Waals surface area contributed by atoms with Crippen LogP contribution in [0.4, 0.5) is 8.78 Å². The summed E-state index contributed by atoms with van der Waals surface area (Å²) in [7, 11) is 0. The number of aromatic hydroxyl groups is 1. The molecule has 0 saturated carbocycles. The Morgan fingerprint density at radius 1 is 0.653 bits per heavy atom. The highest BCUT2D eigenvalue weighted by atomic mass is 32.2. The van der Waals surface area contributed by atoms with Gasteiger partial charge in [0.2, 0.25) is 59.1 Å². The van der Waals surface area contributed by atoms with E-state index < -0.39 is 144 Å². The molecule has 17 N–H and O–H groups in total. The van der Waals surface area contributed by atoms with E-state index in [9.17, 15) is 66.9 Å². The molecule has 10 amide bonds. The molecule has 28 nitrogen and oxygen atoms in total. The summed E-state index contributed by atoms with van der Waals surface area (Å²) in [6.07, 6.45) is 3.27. The summed E-state index contributed by atoms with van der Waals surface area (Å²) < 4.78 is 29.7. The number of primary amides is 1. The third-order valence-electron chi connectivity index (χ3n) is 16.8. The Morgan fingerprint density at radius 3 is 1.82 bits per heavy atom. The van der Waals surface area contributed by atoms with Gasteiger partial charge in [0.1, 0.15) is 65.2 Å². The number of carboxylic acid groups (broad SMARTS) is 1. The lowest BCUT2D eigenvalue weighted by atomic mass is 9.95. The SMILES string of the molecule is C[C@@]12CCCN1C(=O)[C@H](Cc1ccc(O)cc1)NC(=O)[C@H](Cc1cnc[nH]1)NC(=O)[C@H](CC(=O)O)NC(=O)[C@H](Cc1c[nH]c3ccc(F)cc13)NC(=O)[C@H](Cc1c[nH]c3ccc(F)cc13)NC(=O)CNC(=O)[C@@H](CN)NC(=O)CCSCc1cccc(c1)CSC[C@@H](C(N)=O)NC2=O. The van der Waals surface area contributed by atoms with Gasteiger partial charge in [0.25, 0.3) is 0 Å². The minimum Gasteiger partial charge on any atom is -0.508 e. The molecule has 0 unspecified atom stereocenters. The standard InChI is InChI=1S/C66H75F2N15O13S2/c1-66-15-3-16-83(66)64(95)52(19-35-6-10-43(84)11-7-35)81-62(93)50(24-42-29-71-34-75-42)79-63(94)51(25-57(87)88)80-61(92)49(21-39-28-73-47-13-9-41(68)23-45(39)47)78-60(91)48(20-38-27-72-46-12-8-40(67)22-44(38)46)76-56(86)30-74-59(90)53(26-69)77-55(85)14-17-97-31-36-4-2-5-37(18-36)32-98-33-54(58(70)89)82-65(66)96/h2,4-13,18,22-23,27-29,34,48-54,72-73,84H,3,14-17,19-21,24-26,30-33,69H2,1H3,(H2,70,89)(H,71,75)(H,74,90)(H,76,86)(H,77,85)(H,78,91)(H,79,94)(H,80,92)(H,81,93)(H,82,96)(H,87,88)/t48-,49-,50-,51-,52-,53+,54-,66-/m0/s1. The highest BCUT2D eigenvalue weighted by Gasteiger charge is 2.48. The van der Waals surface area contributed by atoms with Crippen LogP contribution in [-0.4, -0.2) is 179 Å². The number of benzene rings is 4. The van der Waals surface area contributed by atoms with Gasteiger partial charge in [0.05, 0.1) is 19.3 Å². The Kier molecular flexibility index (Phi) is 24.3. The molecule has 4 aromatic carbocycles. The van der Waals surface area contributed by atoms with Gasteiger partial charge in [-0.15, -0.1) is 0 Å². The van der Waals surface area contributed by atoms with Crippen LogP contribution in [0.25, 0.3) is 21.8 Å². The van der Waals surface area contributed by atoms with Gasteiger partial charge in [0.15, 0.2) is 0 Å². The maximum atomic E-state index is 15.2. The summed E-state index contributed by atoms with van der Waals surface area (Å²) in [5.41, 5.74) is 14.0. The number of fused-ring (bicyclic) bond motifs is 5. The van der Waals surface area contributed by atoms with E-state index in [1.165, 1.54) is 115 Å². The summed E-state index contributed by atoms with van der Waals surface area (Å²) in [6.45, 7) is 0.370. The van der Waals surface area contributed by atoms with E-state index in [0.29, 0.717) is 51.2 Å². The molecular weight excluding hydrogens is 1310 g/mol. The molecule has 3 aromatic heterocycles. The number of aromatic nitrogens is 4. The molecular formula is C66H75F2N15O13S2. The lowest BCUT2D eigenvalue weighted by Gasteiger charge is -2.37. The number of halogens is 2. The number of hydrogen-bond acceptors (Lipinski definition) is 16. The van der Waals surface area contributed by atoms with Crippen molar-refractivity contribution in [2.45, 2.75) is 118 Å². The van der Waals surface area contributed by atoms with Crippen molar-refractivity contribution >= 4 is 110 Å². The molecule has 7 aromatic rings. The molecule has 2 bridgehead atoms. The molecule has 2 aliphatic rings. The summed E-state index contributed by atoms with van der Waals surface area (Å²) in [5.74, 6) is -11.0. The van der Waals surface area contributed by atoms with Gasteiger partial charge >= 0.3 is 5.97 Å². The average Bonchev–Trinajstić information content (AvgIpc) is 1.58. The zero-order chi connectivity index (χ0) is 70.2. The molecule has 1 saturated heterocycles. The number of carbonyl (C=O) groups is 11. The van der Waals surface area contributed by atoms with Crippen LogP contribution in [0.3, 0.4) is 0 Å². The van der Waals surface area contributed by atoms with Crippen molar-refractivity contribution in [3.05, 3.63) is 155 Å². The number of nitrogens with zero attached hydrogens (tertiary/aromatic N) is 2. The van der Waals surface area contributed by atoms with Gasteiger partial charge in [-0.2, -0.15) is 23.5 Å². The number of phenolic OH excluding ortho intramolecular Hbond substituents is 1. The molecule has 32 heteroatoms. The van der Waals surface area contributed by atoms with E-state index in [-0.39, 0.29) is 73.3 Å². The first-order valence-corrected chi connectivity index (χ1v) is 33.7. The van der Waals surface area contributed by atoms with E-state index >= 15 is 4.79 Å². The number of carboxylic acids is 1. The highest BCUT2D eigenvalue weighted by Crippen LogP contribution is 2.32. The molecule has 0 spiro atoms. The van der Waals surface area contributed by atoms with E-state index in [1.807, 2.05) is 24.3 Å². The summed E-state index contributed by atoms with van der Waals surface area (Å²) in [6, 6.07) is 9.64. The molecule has 1 fully saturated rings. The average molecular weight is 1390 g/mol. The van der Waals surface area contributed by atoms with Crippen molar-refractivity contribution < 1.29 is 71.7 Å². The first kappa shape index (κ1) is 71.9. The van der Waals surface area contributed by atoms with E-state index in [0.717, 1.165) is 17.2 Å². The van der Waals surface area contributed by atoms with Gasteiger partial charge in [-0.1, -0.05) is 36.4 Å². The number of H-pyrrole nitrogens is 3. The van der Waals surface area contributed by atoms with Crippen molar-refractivity contribution in [2.75, 3.05) is 31.1 Å². The van der Waals surface area contributed by atoms with Gasteiger partial charge in [-0.25, -0.2) is 13.8 Å². The fraction of sp³-hybridized carbons (Fsp3) is 0.364. The van der Waals surface area contributed by atoms with Crippen LogP contribution in [0.1, 0.15) is 66.1 Å². The fourth-order valence-electron chi connectivity index (χ4n) is 11.6. The maximum Gasteiger partial charge on any atom is 0.305 e. The lowest BCUT2D eigenvalue weighted by Crippen LogP contribution is -2.63. The van der Waals surface area contributed by atoms with Crippen LogP contribution < -0.4 is 54.0 Å². The number of imidazole rings is 1. The predicted octanol–water partition coefficient (Wildman–Crippen LogP) is 1.01. The van der Waals surface area contributed by atoms with Gasteiger partial charge in [-0.3, -0.25) is 52.7 Å². The van der Waals surface area contributed by atoms with Crippen molar-refractivity contribution in [3.8, 4) is 5.75 Å². The molecule has 2 aliphatic heterocycles. The molecule has 518 valence electrons. The second-order valence-corrected chi connectivity index (χ2v) is 26.2. The molecule has 8 atom stereocenters. The number of amides is 10. The van der Waals surface area contributed by atoms with Crippen molar-refractivity contribution in [1.82, 2.24) is 67.4 Å². The predicted molar refractivity (Wildman–Crippen MR) is 358 cm³/mol. The smallest absolute Gasteiger partial charge is 0.305 e. The van der Waals surface area contributed by atoms with Crippen LogP contribution in [0.2, 0.25) is 0 Å². The van der Waals surface area contributed by atoms with Crippen LogP contribution >= 0.6 is 23.5 Å². The van der Waals surface area contributed by atoms with Crippen LogP contribution in [0.5, 0.6) is 5.75 Å². The van der Waals surface area contributed by atoms with E-state index in [1.54, 1.807) is 0 Å². The van der Waals surface area contributed by atoms with E-state index in [2.05, 4.69) is 62.5 Å². The summed E-state index contributed by atoms with van der Waals surface area (Å²) in [4.78, 5) is 170. The molecule has 5 heterocycles. The number of nitrogens with two attached hydrogens (primary N) is 2. The van der Waals surface area contributed by atoms with Gasteiger partial charge < -0.3 is 84.1 Å². The normalized spacial score (nSPS) is 23.0. The fourth-order valence-corrected chi connectivity index (χ4v) is 13.5. The maximum absolute atomic E-state index is 15.2. The number of phenols is 1. The van der Waals surface area contributed by atoms with Crippen LogP contribution in [0, 0.1) is 11.6 Å². The third-order valence-corrected chi connectivity index (χ3v) is 19.0. The second kappa shape index (κ2) is 33.1. The monoisotopic (exact) mass is 1390 g/mol. The summed E-state index contributed by atoms with van der Waals surface area (Å²) >= 11 is 2.75. The first-order valence-electron chi connectivity index (χ1n) is 31.3. The molecule has 9 rings (SSSR count). The van der Waals surface area contributed by atoms with E-state index in [4.69, 9.17) is 11.5 Å². The minimum atomic E-state index is -2.05. The quantitative estimate of drug-likeness (QED) is 0.0811. The number of hydrogen-bond donors (Lipinski definition) is 15. The highest BCUT2D eigenvalue weighted by molar-refractivity contribution is 7.98. The number of nitrogens with one attached hydrogen (secondary N) is 11. The van der Waals surface area contributed by atoms with Gasteiger partial charge in [0, 0.05) is 114 Å². The topological polar surface area (TPSA) is 440 Å². The Bertz CT molecular complexity index is 4100. The number of carbonyl (C=O) groups excluding carboxylic acids is 10. The Balaban J connectivity index is 1.05. The second-order valence-electron chi connectivity index (χ2n) is 24.0. The number of aromatic amines is 3. The number of rotatable bonds is 12. The molecule has 0 aliphatic carbocycles. The Hall–Kier alpha value is -10.3. The molecule has 0 radical (unpaired) electrons. The minimum absolute atomic E-state index is 0.0138. The van der Waals surface area contributed by atoms with Gasteiger partial charge in [-0.05, 0) is 96.1 Å².